The number of non-ortho nitro benzene ring substituents is 1. The quantitative estimate of drug-likeness (QED) is 0.513. The van der Waals surface area contributed by atoms with Crippen LogP contribution in [0.25, 0.3) is 0 Å². The number of nitrogens with zero attached hydrogens (tertiary/aromatic N) is 1. The lowest BCUT2D eigenvalue weighted by atomic mass is 9.92. The Labute approximate surface area is 139 Å². The first kappa shape index (κ1) is 17.5. The summed E-state index contributed by atoms with van der Waals surface area (Å²) in [5, 5.41) is 21.0. The van der Waals surface area contributed by atoms with Gasteiger partial charge in [-0.15, -0.1) is 0 Å². The van der Waals surface area contributed by atoms with Gasteiger partial charge in [0.1, 0.15) is 5.75 Å². The molecule has 2 rings (SSSR count). The molecule has 0 heterocycles. The summed E-state index contributed by atoms with van der Waals surface area (Å²) in [6.45, 7) is 5.52. The van der Waals surface area contributed by atoms with E-state index in [-0.39, 0.29) is 18.0 Å². The van der Waals surface area contributed by atoms with Gasteiger partial charge in [0.05, 0.1) is 17.1 Å². The molecule has 24 heavy (non-hydrogen) atoms. The van der Waals surface area contributed by atoms with Gasteiger partial charge in [-0.05, 0) is 43.5 Å². The monoisotopic (exact) mass is 329 g/mol. The summed E-state index contributed by atoms with van der Waals surface area (Å²) in [4.78, 5) is 22.4. The van der Waals surface area contributed by atoms with Crippen LogP contribution in [0.1, 0.15) is 39.5 Å². The molecule has 0 unspecified atom stereocenters. The lowest BCUT2D eigenvalue weighted by Crippen LogP contribution is -2.11. The third kappa shape index (κ3) is 3.53. The molecule has 0 amide bonds. The van der Waals surface area contributed by atoms with E-state index in [2.05, 4.69) is 0 Å². The molecule has 0 saturated carbocycles. The molecule has 0 atom stereocenters. The Morgan fingerprint density at radius 2 is 1.88 bits per heavy atom. The van der Waals surface area contributed by atoms with Gasteiger partial charge in [0, 0.05) is 24.1 Å². The topological polar surface area (TPSA) is 89.7 Å². The van der Waals surface area contributed by atoms with Crippen LogP contribution in [-0.4, -0.2) is 22.6 Å². The Bertz CT molecular complexity index is 781. The number of hydrogen-bond acceptors (Lipinski definition) is 5. The molecule has 0 aliphatic rings. The molecule has 0 radical (unpaired) electrons. The summed E-state index contributed by atoms with van der Waals surface area (Å²) in [6.07, 6.45) is 0.363. The van der Waals surface area contributed by atoms with Gasteiger partial charge in [0.25, 0.3) is 5.69 Å². The minimum absolute atomic E-state index is 0.0100. The first-order chi connectivity index (χ1) is 11.3. The Balaban J connectivity index is 2.41. The molecule has 0 spiro atoms. The molecule has 0 bridgehead atoms. The van der Waals surface area contributed by atoms with Crippen LogP contribution in [0.5, 0.6) is 5.75 Å². The van der Waals surface area contributed by atoms with Gasteiger partial charge in [-0.3, -0.25) is 10.1 Å². The SMILES string of the molecule is CCOC(=O)c1c(C)cc(O)c(Cc2ccc([N+](=O)[O-])cc2)c1C. The molecule has 126 valence electrons. The van der Waals surface area contributed by atoms with Crippen LogP contribution >= 0.6 is 0 Å². The lowest BCUT2D eigenvalue weighted by molar-refractivity contribution is -0.384. The summed E-state index contributed by atoms with van der Waals surface area (Å²) < 4.78 is 5.08. The number of hydrogen-bond donors (Lipinski definition) is 1. The zero-order valence-electron chi connectivity index (χ0n) is 13.8. The molecule has 2 aromatic carbocycles. The van der Waals surface area contributed by atoms with Gasteiger partial charge in [-0.1, -0.05) is 12.1 Å². The summed E-state index contributed by atoms with van der Waals surface area (Å²) in [7, 11) is 0. The van der Waals surface area contributed by atoms with Crippen LogP contribution in [0.2, 0.25) is 0 Å². The van der Waals surface area contributed by atoms with Crippen molar-refractivity contribution in [3.8, 4) is 5.75 Å². The van der Waals surface area contributed by atoms with Crippen LogP contribution in [0.3, 0.4) is 0 Å². The van der Waals surface area contributed by atoms with Crippen LogP contribution in [0.4, 0.5) is 5.69 Å². The first-order valence-corrected chi connectivity index (χ1v) is 7.57. The third-order valence-electron chi connectivity index (χ3n) is 3.89. The highest BCUT2D eigenvalue weighted by Gasteiger charge is 2.19. The van der Waals surface area contributed by atoms with Crippen molar-refractivity contribution in [2.24, 2.45) is 0 Å². The maximum absolute atomic E-state index is 12.1. The highest BCUT2D eigenvalue weighted by Crippen LogP contribution is 2.30. The van der Waals surface area contributed by atoms with Crippen molar-refractivity contribution < 1.29 is 19.6 Å². The zero-order chi connectivity index (χ0) is 17.9. The molecular formula is C18H19NO5. The van der Waals surface area contributed by atoms with Crippen molar-refractivity contribution >= 4 is 11.7 Å². The number of phenols is 1. The minimum Gasteiger partial charge on any atom is -0.508 e. The second-order valence-electron chi connectivity index (χ2n) is 5.51. The van der Waals surface area contributed by atoms with Crippen molar-refractivity contribution in [2.45, 2.75) is 27.2 Å². The molecule has 0 saturated heterocycles. The van der Waals surface area contributed by atoms with E-state index in [0.29, 0.717) is 28.7 Å². The van der Waals surface area contributed by atoms with E-state index < -0.39 is 10.9 Å². The number of benzene rings is 2. The number of ether oxygens (including phenoxy) is 1. The van der Waals surface area contributed by atoms with E-state index in [0.717, 1.165) is 5.56 Å². The Kier molecular flexibility index (Phi) is 5.18. The van der Waals surface area contributed by atoms with Crippen LogP contribution < -0.4 is 0 Å². The maximum atomic E-state index is 12.1. The van der Waals surface area contributed by atoms with Crippen LogP contribution in [0.15, 0.2) is 30.3 Å². The van der Waals surface area contributed by atoms with E-state index in [1.165, 1.54) is 12.1 Å². The van der Waals surface area contributed by atoms with E-state index in [4.69, 9.17) is 4.74 Å². The van der Waals surface area contributed by atoms with Gasteiger partial charge >= 0.3 is 5.97 Å². The molecule has 0 fully saturated rings. The van der Waals surface area contributed by atoms with Crippen molar-refractivity contribution in [3.05, 3.63) is 68.3 Å². The predicted octanol–water partition coefficient (Wildman–Crippen LogP) is 3.68. The highest BCUT2D eigenvalue weighted by molar-refractivity contribution is 5.93. The van der Waals surface area contributed by atoms with Gasteiger partial charge in [0.15, 0.2) is 0 Å². The molecular weight excluding hydrogens is 310 g/mol. The maximum Gasteiger partial charge on any atom is 0.338 e. The van der Waals surface area contributed by atoms with E-state index in [1.807, 2.05) is 0 Å². The van der Waals surface area contributed by atoms with Crippen LogP contribution in [0, 0.1) is 24.0 Å². The minimum atomic E-state index is -0.461. The number of carbonyl (C=O) groups excluding carboxylic acids is 1. The first-order valence-electron chi connectivity index (χ1n) is 7.57. The number of nitro groups is 1. The average Bonchev–Trinajstić information content (AvgIpc) is 2.52. The van der Waals surface area contributed by atoms with E-state index in [9.17, 15) is 20.0 Å². The van der Waals surface area contributed by atoms with Crippen molar-refractivity contribution in [1.29, 1.82) is 0 Å². The number of nitro benzene ring substituents is 1. The van der Waals surface area contributed by atoms with Gasteiger partial charge in [-0.2, -0.15) is 0 Å². The summed E-state index contributed by atoms with van der Waals surface area (Å²) >= 11 is 0. The molecule has 0 aliphatic carbocycles. The molecule has 0 aliphatic heterocycles. The lowest BCUT2D eigenvalue weighted by Gasteiger charge is -2.15. The number of aromatic hydroxyl groups is 1. The number of rotatable bonds is 5. The van der Waals surface area contributed by atoms with Crippen molar-refractivity contribution in [3.63, 3.8) is 0 Å². The Morgan fingerprint density at radius 3 is 2.42 bits per heavy atom. The largest absolute Gasteiger partial charge is 0.508 e. The van der Waals surface area contributed by atoms with Gasteiger partial charge in [0.2, 0.25) is 0 Å². The van der Waals surface area contributed by atoms with Crippen molar-refractivity contribution in [1.82, 2.24) is 0 Å². The second kappa shape index (κ2) is 7.12. The smallest absolute Gasteiger partial charge is 0.338 e. The number of aryl methyl sites for hydroxylation is 1. The summed E-state index contributed by atoms with van der Waals surface area (Å²) in [5.41, 5.74) is 3.18. The standard InChI is InChI=1S/C18H19NO5/c1-4-24-18(21)17-11(2)9-16(20)15(12(17)3)10-13-5-7-14(8-6-13)19(22)23/h5-9,20H,4,10H2,1-3H3. The van der Waals surface area contributed by atoms with Crippen molar-refractivity contribution in [2.75, 3.05) is 6.61 Å². The van der Waals surface area contributed by atoms with Gasteiger partial charge < -0.3 is 9.84 Å². The van der Waals surface area contributed by atoms with Gasteiger partial charge in [-0.25, -0.2) is 4.79 Å². The summed E-state index contributed by atoms with van der Waals surface area (Å²) in [6, 6.07) is 7.66. The third-order valence-corrected chi connectivity index (χ3v) is 3.89. The Morgan fingerprint density at radius 1 is 1.25 bits per heavy atom. The second-order valence-corrected chi connectivity index (χ2v) is 5.51. The predicted molar refractivity (Wildman–Crippen MR) is 89.4 cm³/mol. The fourth-order valence-electron chi connectivity index (χ4n) is 2.68. The normalized spacial score (nSPS) is 10.5. The number of phenolic OH excluding ortho intramolecular Hbond substituents is 1. The fourth-order valence-corrected chi connectivity index (χ4v) is 2.68. The molecule has 6 nitrogen and oxygen atoms in total. The summed E-state index contributed by atoms with van der Waals surface area (Å²) in [5.74, 6) is -0.325. The zero-order valence-corrected chi connectivity index (χ0v) is 13.8. The average molecular weight is 329 g/mol. The molecule has 1 N–H and O–H groups in total. The molecule has 0 aromatic heterocycles. The number of carbonyl (C=O) groups is 1. The fraction of sp³-hybridized carbons (Fsp3) is 0.278. The molecule has 6 heteroatoms. The highest BCUT2D eigenvalue weighted by atomic mass is 16.6. The van der Waals surface area contributed by atoms with Crippen LogP contribution in [-0.2, 0) is 11.2 Å². The number of esters is 1. The Hall–Kier alpha value is -2.89. The van der Waals surface area contributed by atoms with E-state index in [1.54, 1.807) is 39.0 Å². The van der Waals surface area contributed by atoms with E-state index >= 15 is 0 Å². The molecule has 2 aromatic rings.